The van der Waals surface area contributed by atoms with Gasteiger partial charge in [0.05, 0.1) is 5.69 Å². The highest BCUT2D eigenvalue weighted by atomic mass is 32.1. The quantitative estimate of drug-likeness (QED) is 0.631. The zero-order chi connectivity index (χ0) is 9.71. The summed E-state index contributed by atoms with van der Waals surface area (Å²) in [6, 6.07) is 8.45. The van der Waals surface area contributed by atoms with E-state index in [1.165, 1.54) is 16.8 Å². The predicted octanol–water partition coefficient (Wildman–Crippen LogP) is 3.20. The Hall–Kier alpha value is -1.35. The SMILES string of the molecule is CC1c2ccccc2-c2[nH]c(=S)[nH]c21. The van der Waals surface area contributed by atoms with Gasteiger partial charge < -0.3 is 9.97 Å². The van der Waals surface area contributed by atoms with E-state index < -0.39 is 0 Å². The van der Waals surface area contributed by atoms with Gasteiger partial charge in [0.25, 0.3) is 0 Å². The maximum absolute atomic E-state index is 5.09. The van der Waals surface area contributed by atoms with Crippen LogP contribution in [0, 0.1) is 4.77 Å². The van der Waals surface area contributed by atoms with E-state index in [-0.39, 0.29) is 0 Å². The summed E-state index contributed by atoms with van der Waals surface area (Å²) in [5.41, 5.74) is 5.04. The molecule has 1 aromatic carbocycles. The van der Waals surface area contributed by atoms with Gasteiger partial charge in [0, 0.05) is 17.2 Å². The highest BCUT2D eigenvalue weighted by Crippen LogP contribution is 2.42. The van der Waals surface area contributed by atoms with Gasteiger partial charge >= 0.3 is 0 Å². The number of hydrogen-bond acceptors (Lipinski definition) is 1. The number of hydrogen-bond donors (Lipinski definition) is 2. The van der Waals surface area contributed by atoms with Crippen LogP contribution >= 0.6 is 12.2 Å². The van der Waals surface area contributed by atoms with E-state index in [9.17, 15) is 0 Å². The molecular weight excluding hydrogens is 192 g/mol. The molecule has 70 valence electrons. The van der Waals surface area contributed by atoms with Crippen LogP contribution in [0.5, 0.6) is 0 Å². The van der Waals surface area contributed by atoms with Crippen molar-refractivity contribution in [2.24, 2.45) is 0 Å². The Labute approximate surface area is 87.0 Å². The number of rotatable bonds is 0. The summed E-state index contributed by atoms with van der Waals surface area (Å²) in [4.78, 5) is 6.41. The lowest BCUT2D eigenvalue weighted by Gasteiger charge is -2.03. The van der Waals surface area contributed by atoms with E-state index in [1.807, 2.05) is 0 Å². The van der Waals surface area contributed by atoms with Crippen LogP contribution in [0.2, 0.25) is 0 Å². The second-order valence-corrected chi connectivity index (χ2v) is 4.08. The van der Waals surface area contributed by atoms with Crippen LogP contribution in [0.15, 0.2) is 24.3 Å². The van der Waals surface area contributed by atoms with Crippen molar-refractivity contribution >= 4 is 12.2 Å². The van der Waals surface area contributed by atoms with Gasteiger partial charge in [-0.15, -0.1) is 0 Å². The van der Waals surface area contributed by atoms with Gasteiger partial charge in [-0.1, -0.05) is 31.2 Å². The van der Waals surface area contributed by atoms with Gasteiger partial charge in [-0.25, -0.2) is 0 Å². The van der Waals surface area contributed by atoms with Gasteiger partial charge in [-0.2, -0.15) is 0 Å². The van der Waals surface area contributed by atoms with Crippen LogP contribution in [-0.2, 0) is 0 Å². The van der Waals surface area contributed by atoms with Crippen molar-refractivity contribution < 1.29 is 0 Å². The lowest BCUT2D eigenvalue weighted by molar-refractivity contribution is 0.910. The Bertz CT molecular complexity index is 550. The first-order valence-electron chi connectivity index (χ1n) is 4.69. The van der Waals surface area contributed by atoms with Crippen molar-refractivity contribution in [1.82, 2.24) is 9.97 Å². The summed E-state index contributed by atoms with van der Waals surface area (Å²) in [7, 11) is 0. The molecule has 0 fully saturated rings. The van der Waals surface area contributed by atoms with Crippen LogP contribution in [0.1, 0.15) is 24.1 Å². The monoisotopic (exact) mass is 202 g/mol. The third kappa shape index (κ3) is 0.876. The number of benzene rings is 1. The Balaban J connectivity index is 2.39. The summed E-state index contributed by atoms with van der Waals surface area (Å²) < 4.78 is 0.719. The molecule has 0 amide bonds. The van der Waals surface area contributed by atoms with Crippen LogP contribution in [0.3, 0.4) is 0 Å². The Morgan fingerprint density at radius 1 is 1.21 bits per heavy atom. The molecule has 14 heavy (non-hydrogen) atoms. The topological polar surface area (TPSA) is 31.6 Å². The smallest absolute Gasteiger partial charge is 0.175 e. The molecule has 2 aromatic rings. The average molecular weight is 202 g/mol. The van der Waals surface area contributed by atoms with Gasteiger partial charge in [-0.3, -0.25) is 0 Å². The fraction of sp³-hybridized carbons (Fsp3) is 0.182. The number of aromatic nitrogens is 2. The van der Waals surface area contributed by atoms with E-state index >= 15 is 0 Å². The van der Waals surface area contributed by atoms with E-state index in [0.29, 0.717) is 5.92 Å². The molecule has 0 radical (unpaired) electrons. The first-order valence-corrected chi connectivity index (χ1v) is 5.09. The first kappa shape index (κ1) is 8.00. The molecule has 1 heterocycles. The third-order valence-corrected chi connectivity index (χ3v) is 3.09. The van der Waals surface area contributed by atoms with Crippen molar-refractivity contribution in [1.29, 1.82) is 0 Å². The minimum Gasteiger partial charge on any atom is -0.334 e. The largest absolute Gasteiger partial charge is 0.334 e. The number of nitrogens with one attached hydrogen (secondary N) is 2. The first-order chi connectivity index (χ1) is 6.77. The van der Waals surface area contributed by atoms with Gasteiger partial charge in [0.2, 0.25) is 0 Å². The second-order valence-electron chi connectivity index (χ2n) is 3.68. The van der Waals surface area contributed by atoms with Crippen LogP contribution in [0.25, 0.3) is 11.3 Å². The second kappa shape index (κ2) is 2.58. The maximum atomic E-state index is 5.09. The summed E-state index contributed by atoms with van der Waals surface area (Å²) in [6.45, 7) is 2.20. The van der Waals surface area contributed by atoms with Gasteiger partial charge in [-0.05, 0) is 17.8 Å². The van der Waals surface area contributed by atoms with Crippen molar-refractivity contribution in [3.8, 4) is 11.3 Å². The summed E-state index contributed by atoms with van der Waals surface area (Å²) in [5.74, 6) is 0.425. The summed E-state index contributed by atoms with van der Waals surface area (Å²) >= 11 is 5.09. The van der Waals surface area contributed by atoms with Crippen molar-refractivity contribution in [2.75, 3.05) is 0 Å². The summed E-state index contributed by atoms with van der Waals surface area (Å²) in [6.07, 6.45) is 0. The van der Waals surface area contributed by atoms with Gasteiger partial charge in [0.15, 0.2) is 4.77 Å². The zero-order valence-electron chi connectivity index (χ0n) is 7.79. The highest BCUT2D eigenvalue weighted by Gasteiger charge is 2.26. The Morgan fingerprint density at radius 2 is 2.00 bits per heavy atom. The molecule has 1 aliphatic carbocycles. The maximum Gasteiger partial charge on any atom is 0.175 e. The van der Waals surface area contributed by atoms with Crippen molar-refractivity contribution in [2.45, 2.75) is 12.8 Å². The van der Waals surface area contributed by atoms with Crippen LogP contribution in [0.4, 0.5) is 0 Å². The molecular formula is C11H10N2S. The molecule has 2 nitrogen and oxygen atoms in total. The van der Waals surface area contributed by atoms with E-state index in [4.69, 9.17) is 12.2 Å². The minimum atomic E-state index is 0.425. The molecule has 1 atom stereocenters. The van der Waals surface area contributed by atoms with Crippen molar-refractivity contribution in [3.05, 3.63) is 40.3 Å². The molecule has 1 aromatic heterocycles. The number of fused-ring (bicyclic) bond motifs is 3. The zero-order valence-corrected chi connectivity index (χ0v) is 8.61. The summed E-state index contributed by atoms with van der Waals surface area (Å²) in [5, 5.41) is 0. The fourth-order valence-electron chi connectivity index (χ4n) is 2.19. The van der Waals surface area contributed by atoms with Crippen LogP contribution in [-0.4, -0.2) is 9.97 Å². The standard InChI is InChI=1S/C11H10N2S/c1-6-7-4-2-3-5-8(7)10-9(6)12-11(14)13-10/h2-6H,1H3,(H2,12,13,14). The Kier molecular flexibility index (Phi) is 1.47. The van der Waals surface area contributed by atoms with E-state index in [1.54, 1.807) is 0 Å². The number of imidazole rings is 1. The normalized spacial score (nSPS) is 17.9. The van der Waals surface area contributed by atoms with Crippen molar-refractivity contribution in [3.63, 3.8) is 0 Å². The molecule has 0 spiro atoms. The van der Waals surface area contributed by atoms with Crippen LogP contribution < -0.4 is 0 Å². The average Bonchev–Trinajstić information content (AvgIpc) is 2.68. The lowest BCUT2D eigenvalue weighted by Crippen LogP contribution is -1.90. The Morgan fingerprint density at radius 3 is 2.86 bits per heavy atom. The lowest BCUT2D eigenvalue weighted by atomic mass is 10.0. The number of H-pyrrole nitrogens is 2. The number of aromatic amines is 2. The molecule has 3 heteroatoms. The molecule has 1 unspecified atom stereocenters. The van der Waals surface area contributed by atoms with E-state index in [2.05, 4.69) is 41.2 Å². The molecule has 0 saturated heterocycles. The highest BCUT2D eigenvalue weighted by molar-refractivity contribution is 7.71. The molecule has 0 saturated carbocycles. The minimum absolute atomic E-state index is 0.425. The third-order valence-electron chi connectivity index (χ3n) is 2.89. The molecule has 0 aliphatic heterocycles. The molecule has 2 N–H and O–H groups in total. The predicted molar refractivity (Wildman–Crippen MR) is 58.9 cm³/mol. The molecule has 3 rings (SSSR count). The fourth-order valence-corrected chi connectivity index (χ4v) is 2.40. The molecule has 0 bridgehead atoms. The molecule has 1 aliphatic rings. The van der Waals surface area contributed by atoms with Gasteiger partial charge in [0.1, 0.15) is 0 Å². The van der Waals surface area contributed by atoms with E-state index in [0.717, 1.165) is 10.5 Å².